The largest absolute Gasteiger partial charge is 0.333 e. The van der Waals surface area contributed by atoms with Gasteiger partial charge < -0.3 is 5.32 Å². The topological polar surface area (TPSA) is 100 Å². The van der Waals surface area contributed by atoms with Crippen molar-refractivity contribution in [2.45, 2.75) is 25.8 Å². The van der Waals surface area contributed by atoms with Crippen molar-refractivity contribution in [1.29, 1.82) is 0 Å². The molecule has 11 heteroatoms. The van der Waals surface area contributed by atoms with Gasteiger partial charge in [-0.2, -0.15) is 18.8 Å². The monoisotopic (exact) mass is 415 g/mol. The third-order valence-electron chi connectivity index (χ3n) is 4.56. The molecule has 3 aromatic heterocycles. The number of alkyl halides is 2. The van der Waals surface area contributed by atoms with E-state index in [0.717, 1.165) is 30.0 Å². The molecule has 8 nitrogen and oxygen atoms in total. The predicted molar refractivity (Wildman–Crippen MR) is 103 cm³/mol. The molecule has 0 spiro atoms. The quantitative estimate of drug-likeness (QED) is 0.448. The fourth-order valence-electron chi connectivity index (χ4n) is 2.93. The van der Waals surface area contributed by atoms with Crippen LogP contribution in [0.15, 0.2) is 47.8 Å². The summed E-state index contributed by atoms with van der Waals surface area (Å²) in [5.41, 5.74) is 1.15. The molecule has 0 aliphatic rings. The Morgan fingerprint density at radius 2 is 1.97 bits per heavy atom. The first-order valence-electron chi connectivity index (χ1n) is 8.94. The average Bonchev–Trinajstić information content (AvgIpc) is 3.33. The van der Waals surface area contributed by atoms with Crippen LogP contribution in [-0.4, -0.2) is 24.8 Å². The molecule has 2 N–H and O–H groups in total. The van der Waals surface area contributed by atoms with E-state index in [0.29, 0.717) is 16.9 Å². The number of aromatic amines is 1. The fourth-order valence-corrected chi connectivity index (χ4v) is 2.93. The van der Waals surface area contributed by atoms with E-state index in [9.17, 15) is 9.30 Å². The maximum atomic E-state index is 15.1. The lowest BCUT2D eigenvalue weighted by molar-refractivity contribution is 0.0315. The molecule has 0 radical (unpaired) electrons. The van der Waals surface area contributed by atoms with Crippen molar-refractivity contribution in [3.8, 4) is 0 Å². The van der Waals surface area contributed by atoms with Gasteiger partial charge in [0, 0.05) is 29.1 Å². The summed E-state index contributed by atoms with van der Waals surface area (Å²) in [7, 11) is 0. The Balaban J connectivity index is 1.87. The first-order chi connectivity index (χ1) is 14.3. The van der Waals surface area contributed by atoms with Gasteiger partial charge in [-0.25, -0.2) is 13.9 Å². The van der Waals surface area contributed by atoms with Gasteiger partial charge in [-0.1, -0.05) is 5.18 Å². The number of fused-ring (bicyclic) bond motifs is 1. The number of hydrogen-bond acceptors (Lipinski definition) is 6. The van der Waals surface area contributed by atoms with E-state index in [2.05, 4.69) is 30.8 Å². The lowest BCUT2D eigenvalue weighted by atomic mass is 10.1. The molecule has 0 aliphatic carbocycles. The van der Waals surface area contributed by atoms with Crippen LogP contribution in [0, 0.1) is 17.6 Å². The van der Waals surface area contributed by atoms with Gasteiger partial charge in [-0.3, -0.25) is 5.10 Å². The van der Waals surface area contributed by atoms with E-state index in [1.165, 1.54) is 10.7 Å². The lowest BCUT2D eigenvalue weighted by Crippen LogP contribution is -2.21. The van der Waals surface area contributed by atoms with Crippen molar-refractivity contribution in [3.63, 3.8) is 0 Å². The Hall–Kier alpha value is -3.76. The molecule has 1 unspecified atom stereocenters. The number of anilines is 2. The van der Waals surface area contributed by atoms with E-state index < -0.39 is 29.2 Å². The first-order valence-corrected chi connectivity index (χ1v) is 8.94. The molecule has 1 atom stereocenters. The Kier molecular flexibility index (Phi) is 4.72. The van der Waals surface area contributed by atoms with Crippen molar-refractivity contribution in [2.75, 3.05) is 5.32 Å². The molecule has 1 aromatic carbocycles. The lowest BCUT2D eigenvalue weighted by Gasteiger charge is -2.16. The SMILES string of the molecule is Cc1cc(Nc2nc(C(F)(F)c3ccc(F)cc3)nn3cc(C(C)N=O)cc23)n[nH]1. The molecule has 0 saturated carbocycles. The summed E-state index contributed by atoms with van der Waals surface area (Å²) in [6.45, 7) is 3.36. The first kappa shape index (κ1) is 19.6. The summed E-state index contributed by atoms with van der Waals surface area (Å²) < 4.78 is 44.6. The Morgan fingerprint density at radius 3 is 2.60 bits per heavy atom. The van der Waals surface area contributed by atoms with Crippen LogP contribution in [0.2, 0.25) is 0 Å². The van der Waals surface area contributed by atoms with Crippen molar-refractivity contribution < 1.29 is 13.2 Å². The van der Waals surface area contributed by atoms with Crippen LogP contribution in [0.3, 0.4) is 0 Å². The maximum Gasteiger partial charge on any atom is 0.333 e. The summed E-state index contributed by atoms with van der Waals surface area (Å²) in [5, 5.41) is 16.6. The molecule has 4 aromatic rings. The minimum atomic E-state index is -3.60. The smallest absolute Gasteiger partial charge is 0.322 e. The zero-order chi connectivity index (χ0) is 21.5. The zero-order valence-electron chi connectivity index (χ0n) is 15.9. The second-order valence-corrected chi connectivity index (χ2v) is 6.81. The Morgan fingerprint density at radius 1 is 1.23 bits per heavy atom. The number of H-pyrrole nitrogens is 1. The van der Waals surface area contributed by atoms with Gasteiger partial charge >= 0.3 is 5.92 Å². The fraction of sp³-hybridized carbons (Fsp3) is 0.211. The van der Waals surface area contributed by atoms with Crippen molar-refractivity contribution in [3.05, 3.63) is 76.0 Å². The van der Waals surface area contributed by atoms with Gasteiger partial charge in [0.15, 0.2) is 11.6 Å². The summed E-state index contributed by atoms with van der Waals surface area (Å²) in [5.74, 6) is -4.59. The van der Waals surface area contributed by atoms with Gasteiger partial charge in [-0.15, -0.1) is 5.10 Å². The second-order valence-electron chi connectivity index (χ2n) is 6.81. The molecule has 0 bridgehead atoms. The molecule has 4 rings (SSSR count). The van der Waals surface area contributed by atoms with Gasteiger partial charge in [0.1, 0.15) is 17.4 Å². The van der Waals surface area contributed by atoms with Crippen LogP contribution in [-0.2, 0) is 5.92 Å². The molecular formula is C19H16F3N7O. The number of nitrogens with one attached hydrogen (secondary N) is 2. The van der Waals surface area contributed by atoms with Crippen molar-refractivity contribution in [2.24, 2.45) is 5.18 Å². The highest BCUT2D eigenvalue weighted by Crippen LogP contribution is 2.35. The van der Waals surface area contributed by atoms with Crippen molar-refractivity contribution in [1.82, 2.24) is 24.8 Å². The number of rotatable bonds is 6. The third-order valence-corrected chi connectivity index (χ3v) is 4.56. The number of hydrogen-bond donors (Lipinski definition) is 2. The average molecular weight is 415 g/mol. The van der Waals surface area contributed by atoms with Crippen molar-refractivity contribution >= 4 is 17.2 Å². The Bertz CT molecular complexity index is 1220. The van der Waals surface area contributed by atoms with Crippen LogP contribution in [0.25, 0.3) is 5.52 Å². The van der Waals surface area contributed by atoms with Gasteiger partial charge in [0.2, 0.25) is 5.82 Å². The standard InChI is InChI=1S/C19H16F3N7O/c1-10-7-16(26-25-10)23-17-15-8-12(11(2)28-30)9-29(15)27-18(24-17)19(21,22)13-3-5-14(20)6-4-13/h3-9,11H,1-2H3,(H2,23,24,25,26,27). The van der Waals surface area contributed by atoms with Crippen LogP contribution in [0.5, 0.6) is 0 Å². The number of nitrogens with zero attached hydrogens (tertiary/aromatic N) is 5. The highest BCUT2D eigenvalue weighted by atomic mass is 19.3. The van der Waals surface area contributed by atoms with E-state index >= 15 is 8.78 Å². The summed E-state index contributed by atoms with van der Waals surface area (Å²) >= 11 is 0. The normalized spacial score (nSPS) is 12.8. The van der Waals surface area contributed by atoms with Gasteiger partial charge in [-0.05, 0) is 44.2 Å². The molecule has 0 saturated heterocycles. The van der Waals surface area contributed by atoms with E-state index in [1.807, 2.05) is 0 Å². The molecular weight excluding hydrogens is 399 g/mol. The predicted octanol–water partition coefficient (Wildman–Crippen LogP) is 4.61. The number of nitroso groups, excluding NO2 is 1. The zero-order valence-corrected chi connectivity index (χ0v) is 15.9. The highest BCUT2D eigenvalue weighted by molar-refractivity contribution is 5.73. The summed E-state index contributed by atoms with van der Waals surface area (Å²) in [4.78, 5) is 14.9. The van der Waals surface area contributed by atoms with Crippen LogP contribution < -0.4 is 5.32 Å². The van der Waals surface area contributed by atoms with Gasteiger partial charge in [0.05, 0.1) is 0 Å². The van der Waals surface area contributed by atoms with Crippen LogP contribution in [0.4, 0.5) is 24.8 Å². The van der Waals surface area contributed by atoms with E-state index in [-0.39, 0.29) is 5.82 Å². The van der Waals surface area contributed by atoms with Crippen LogP contribution >= 0.6 is 0 Å². The third kappa shape index (κ3) is 3.49. The van der Waals surface area contributed by atoms with E-state index in [4.69, 9.17) is 0 Å². The number of halogens is 3. The maximum absolute atomic E-state index is 15.1. The molecule has 0 fully saturated rings. The second kappa shape index (κ2) is 7.25. The molecule has 30 heavy (non-hydrogen) atoms. The minimum absolute atomic E-state index is 0.0673. The molecule has 154 valence electrons. The van der Waals surface area contributed by atoms with E-state index in [1.54, 1.807) is 26.0 Å². The van der Waals surface area contributed by atoms with Crippen LogP contribution in [0.1, 0.15) is 35.6 Å². The molecule has 3 heterocycles. The molecule has 0 aliphatic heterocycles. The summed E-state index contributed by atoms with van der Waals surface area (Å²) in [6.07, 6.45) is 1.44. The number of aryl methyl sites for hydroxylation is 1. The minimum Gasteiger partial charge on any atom is -0.322 e. The highest BCUT2D eigenvalue weighted by Gasteiger charge is 2.39. The Labute approximate surface area is 168 Å². The number of aromatic nitrogens is 5. The number of benzene rings is 1. The molecule has 0 amide bonds. The van der Waals surface area contributed by atoms with Gasteiger partial charge in [0.25, 0.3) is 0 Å². The summed E-state index contributed by atoms with van der Waals surface area (Å²) in [6, 6.07) is 6.41.